The molecule has 0 saturated carbocycles. The summed E-state index contributed by atoms with van der Waals surface area (Å²) in [5.41, 5.74) is 1.68. The van der Waals surface area contributed by atoms with E-state index < -0.39 is 0 Å². The minimum atomic E-state index is 0.146. The quantitative estimate of drug-likeness (QED) is 0.666. The third kappa shape index (κ3) is 3.76. The summed E-state index contributed by atoms with van der Waals surface area (Å²) in [5, 5.41) is 3.98. The zero-order valence-corrected chi connectivity index (χ0v) is 14.9. The molecule has 0 aliphatic carbocycles. The van der Waals surface area contributed by atoms with E-state index in [-0.39, 0.29) is 12.5 Å². The highest BCUT2D eigenvalue weighted by Crippen LogP contribution is 2.26. The Balaban J connectivity index is 1.42. The Hall–Kier alpha value is -3.35. The van der Waals surface area contributed by atoms with Crippen LogP contribution in [0.3, 0.4) is 0 Å². The summed E-state index contributed by atoms with van der Waals surface area (Å²) in [4.78, 5) is 18.0. The highest BCUT2D eigenvalue weighted by atomic mass is 16.5. The molecule has 1 saturated heterocycles. The number of aromatic nitrogens is 2. The second-order valence-corrected chi connectivity index (χ2v) is 6.18. The van der Waals surface area contributed by atoms with Gasteiger partial charge in [-0.1, -0.05) is 11.2 Å². The summed E-state index contributed by atoms with van der Waals surface area (Å²) in [6.07, 6.45) is 1.49. The van der Waals surface area contributed by atoms with E-state index in [1.807, 2.05) is 48.5 Å². The molecule has 0 unspecified atom stereocenters. The molecule has 1 amide bonds. The van der Waals surface area contributed by atoms with Gasteiger partial charge in [0.1, 0.15) is 11.5 Å². The Morgan fingerprint density at radius 2 is 2.00 bits per heavy atom. The number of methoxy groups -OCH3 is 1. The number of anilines is 1. The van der Waals surface area contributed by atoms with E-state index in [0.717, 1.165) is 30.0 Å². The van der Waals surface area contributed by atoms with Gasteiger partial charge in [-0.25, -0.2) is 0 Å². The van der Waals surface area contributed by atoms with Gasteiger partial charge in [-0.05, 0) is 42.8 Å². The molecule has 0 bridgehead atoms. The van der Waals surface area contributed by atoms with Gasteiger partial charge in [-0.2, -0.15) is 4.98 Å². The summed E-state index contributed by atoms with van der Waals surface area (Å²) in [5.74, 6) is 2.43. The lowest BCUT2D eigenvalue weighted by Gasteiger charge is -2.16. The summed E-state index contributed by atoms with van der Waals surface area (Å²) < 4.78 is 16.2. The molecular formula is C20H19N3O4. The average molecular weight is 365 g/mol. The molecule has 1 aliphatic heterocycles. The molecule has 27 heavy (non-hydrogen) atoms. The van der Waals surface area contributed by atoms with Crippen molar-refractivity contribution in [2.75, 3.05) is 18.6 Å². The lowest BCUT2D eigenvalue weighted by Crippen LogP contribution is -2.23. The first-order valence-electron chi connectivity index (χ1n) is 8.73. The normalized spacial score (nSPS) is 13.8. The van der Waals surface area contributed by atoms with Gasteiger partial charge in [0.05, 0.1) is 7.11 Å². The molecular weight excluding hydrogens is 346 g/mol. The Labute approximate surface area is 156 Å². The first kappa shape index (κ1) is 17.1. The molecule has 7 nitrogen and oxygen atoms in total. The molecule has 0 spiro atoms. The predicted molar refractivity (Wildman–Crippen MR) is 98.6 cm³/mol. The monoisotopic (exact) mass is 365 g/mol. The largest absolute Gasteiger partial charge is 0.497 e. The van der Waals surface area contributed by atoms with Crippen molar-refractivity contribution in [2.45, 2.75) is 19.4 Å². The van der Waals surface area contributed by atoms with Crippen LogP contribution >= 0.6 is 0 Å². The van der Waals surface area contributed by atoms with Crippen molar-refractivity contribution >= 4 is 11.6 Å². The molecule has 7 heteroatoms. The van der Waals surface area contributed by atoms with Crippen LogP contribution in [-0.2, 0) is 11.4 Å². The third-order valence-electron chi connectivity index (χ3n) is 4.38. The van der Waals surface area contributed by atoms with E-state index in [0.29, 0.717) is 23.9 Å². The van der Waals surface area contributed by atoms with E-state index in [2.05, 4.69) is 10.1 Å². The van der Waals surface area contributed by atoms with E-state index in [9.17, 15) is 4.79 Å². The van der Waals surface area contributed by atoms with Crippen LogP contribution in [0.15, 0.2) is 53.1 Å². The Morgan fingerprint density at radius 3 is 2.74 bits per heavy atom. The van der Waals surface area contributed by atoms with Gasteiger partial charge in [0, 0.05) is 30.3 Å². The maximum absolute atomic E-state index is 11.9. The standard InChI is InChI=1S/C20H19N3O4/c1-25-16-9-7-14(8-10-16)20-21-18(27-22-20)13-26-17-5-2-4-15(12-17)23-11-3-6-19(23)24/h2,4-5,7-10,12H,3,6,11,13H2,1H3. The van der Waals surface area contributed by atoms with Crippen molar-refractivity contribution in [2.24, 2.45) is 0 Å². The van der Waals surface area contributed by atoms with Crippen LogP contribution in [-0.4, -0.2) is 29.7 Å². The van der Waals surface area contributed by atoms with Crippen LogP contribution < -0.4 is 14.4 Å². The van der Waals surface area contributed by atoms with Crippen LogP contribution in [0.2, 0.25) is 0 Å². The van der Waals surface area contributed by atoms with Gasteiger partial charge >= 0.3 is 0 Å². The van der Waals surface area contributed by atoms with Gasteiger partial charge in [0.2, 0.25) is 11.7 Å². The number of carbonyl (C=O) groups excluding carboxylic acids is 1. The molecule has 0 atom stereocenters. The summed E-state index contributed by atoms with van der Waals surface area (Å²) in [6, 6.07) is 14.9. The fourth-order valence-corrected chi connectivity index (χ4v) is 2.98. The number of hydrogen-bond donors (Lipinski definition) is 0. The van der Waals surface area contributed by atoms with Gasteiger partial charge in [-0.3, -0.25) is 4.79 Å². The highest BCUT2D eigenvalue weighted by Gasteiger charge is 2.21. The van der Waals surface area contributed by atoms with Crippen LogP contribution in [0.25, 0.3) is 11.4 Å². The molecule has 4 rings (SSSR count). The molecule has 2 heterocycles. The highest BCUT2D eigenvalue weighted by molar-refractivity contribution is 5.95. The van der Waals surface area contributed by atoms with Crippen LogP contribution in [0.1, 0.15) is 18.7 Å². The molecule has 3 aromatic rings. The summed E-state index contributed by atoms with van der Waals surface area (Å²) in [7, 11) is 1.62. The Bertz CT molecular complexity index is 936. The number of amides is 1. The van der Waals surface area contributed by atoms with Crippen LogP contribution in [0.5, 0.6) is 11.5 Å². The smallest absolute Gasteiger partial charge is 0.264 e. The van der Waals surface area contributed by atoms with E-state index in [1.54, 1.807) is 12.0 Å². The molecule has 1 aliphatic rings. The number of rotatable bonds is 6. The molecule has 0 N–H and O–H groups in total. The fourth-order valence-electron chi connectivity index (χ4n) is 2.98. The molecule has 138 valence electrons. The maximum atomic E-state index is 11.9. The number of ether oxygens (including phenoxy) is 2. The molecule has 2 aromatic carbocycles. The van der Waals surface area contributed by atoms with Crippen molar-refractivity contribution in [3.05, 3.63) is 54.4 Å². The third-order valence-corrected chi connectivity index (χ3v) is 4.38. The van der Waals surface area contributed by atoms with Gasteiger partial charge in [-0.15, -0.1) is 0 Å². The number of carbonyl (C=O) groups is 1. The molecule has 1 aromatic heterocycles. The fraction of sp³-hybridized carbons (Fsp3) is 0.250. The minimum absolute atomic E-state index is 0.146. The number of benzene rings is 2. The Morgan fingerprint density at radius 1 is 1.15 bits per heavy atom. The topological polar surface area (TPSA) is 77.7 Å². The van der Waals surface area contributed by atoms with Crippen LogP contribution in [0, 0.1) is 0 Å². The first-order chi connectivity index (χ1) is 13.2. The van der Waals surface area contributed by atoms with E-state index >= 15 is 0 Å². The van der Waals surface area contributed by atoms with Crippen molar-refractivity contribution in [1.82, 2.24) is 10.1 Å². The van der Waals surface area contributed by atoms with Crippen molar-refractivity contribution in [1.29, 1.82) is 0 Å². The van der Waals surface area contributed by atoms with Crippen molar-refractivity contribution < 1.29 is 18.8 Å². The van der Waals surface area contributed by atoms with Gasteiger partial charge < -0.3 is 18.9 Å². The average Bonchev–Trinajstić information content (AvgIpc) is 3.36. The van der Waals surface area contributed by atoms with Gasteiger partial charge in [0.25, 0.3) is 5.89 Å². The lowest BCUT2D eigenvalue weighted by atomic mass is 10.2. The second kappa shape index (κ2) is 7.49. The lowest BCUT2D eigenvalue weighted by molar-refractivity contribution is -0.117. The SMILES string of the molecule is COc1ccc(-c2noc(COc3cccc(N4CCCC4=O)c3)n2)cc1. The summed E-state index contributed by atoms with van der Waals surface area (Å²) >= 11 is 0. The van der Waals surface area contributed by atoms with E-state index in [4.69, 9.17) is 14.0 Å². The van der Waals surface area contributed by atoms with Crippen molar-refractivity contribution in [3.63, 3.8) is 0 Å². The Kier molecular flexibility index (Phi) is 4.74. The molecule has 0 radical (unpaired) electrons. The summed E-state index contributed by atoms with van der Waals surface area (Å²) in [6.45, 7) is 0.901. The van der Waals surface area contributed by atoms with Gasteiger partial charge in [0.15, 0.2) is 6.61 Å². The zero-order valence-electron chi connectivity index (χ0n) is 14.9. The predicted octanol–water partition coefficient (Wildman–Crippen LogP) is 3.45. The van der Waals surface area contributed by atoms with E-state index in [1.165, 1.54) is 0 Å². The van der Waals surface area contributed by atoms with Crippen molar-refractivity contribution in [3.8, 4) is 22.9 Å². The minimum Gasteiger partial charge on any atom is -0.497 e. The molecule has 1 fully saturated rings. The zero-order chi connectivity index (χ0) is 18.6. The number of hydrogen-bond acceptors (Lipinski definition) is 6. The number of nitrogens with zero attached hydrogens (tertiary/aromatic N) is 3. The second-order valence-electron chi connectivity index (χ2n) is 6.18. The van der Waals surface area contributed by atoms with Crippen LogP contribution in [0.4, 0.5) is 5.69 Å². The maximum Gasteiger partial charge on any atom is 0.264 e. The first-order valence-corrected chi connectivity index (χ1v) is 8.73.